The first kappa shape index (κ1) is 13.9. The summed E-state index contributed by atoms with van der Waals surface area (Å²) in [6, 6.07) is 7.48. The minimum absolute atomic E-state index is 0.323. The zero-order valence-electron chi connectivity index (χ0n) is 11.4. The van der Waals surface area contributed by atoms with Crippen LogP contribution in [0.2, 0.25) is 0 Å². The lowest BCUT2D eigenvalue weighted by atomic mass is 9.94. The number of hydrogen-bond donors (Lipinski definition) is 2. The summed E-state index contributed by atoms with van der Waals surface area (Å²) in [5, 5.41) is 3.39. The number of primary amides is 1. The topological polar surface area (TPSA) is 64.3 Å². The molecule has 1 saturated carbocycles. The second-order valence-electron chi connectivity index (χ2n) is 5.11. The van der Waals surface area contributed by atoms with Crippen molar-refractivity contribution in [2.45, 2.75) is 44.2 Å². The third-order valence-electron chi connectivity index (χ3n) is 3.74. The molecule has 0 heterocycles. The number of amides is 1. The van der Waals surface area contributed by atoms with E-state index in [0.717, 1.165) is 24.2 Å². The average molecular weight is 262 g/mol. The van der Waals surface area contributed by atoms with Crippen LogP contribution < -0.4 is 15.8 Å². The maximum atomic E-state index is 11.7. The zero-order chi connectivity index (χ0) is 13.7. The molecule has 0 spiro atoms. The molecule has 4 nitrogen and oxygen atoms in total. The fraction of sp³-hybridized carbons (Fsp3) is 0.533. The lowest BCUT2D eigenvalue weighted by Crippen LogP contribution is -2.40. The van der Waals surface area contributed by atoms with E-state index in [1.54, 1.807) is 7.11 Å². The summed E-state index contributed by atoms with van der Waals surface area (Å²) in [4.78, 5) is 11.7. The van der Waals surface area contributed by atoms with E-state index in [0.29, 0.717) is 6.04 Å². The number of ether oxygens (including phenoxy) is 1. The summed E-state index contributed by atoms with van der Waals surface area (Å²) in [6.45, 7) is 0. The van der Waals surface area contributed by atoms with Gasteiger partial charge in [0.15, 0.2) is 0 Å². The smallest absolute Gasteiger partial charge is 0.239 e. The first-order chi connectivity index (χ1) is 9.20. The minimum Gasteiger partial charge on any atom is -0.497 e. The molecule has 1 aromatic carbocycles. The first-order valence-electron chi connectivity index (χ1n) is 6.90. The Morgan fingerprint density at radius 2 is 1.89 bits per heavy atom. The van der Waals surface area contributed by atoms with Gasteiger partial charge in [0.1, 0.15) is 11.8 Å². The molecular formula is C15H22N2O2. The van der Waals surface area contributed by atoms with E-state index < -0.39 is 6.04 Å². The molecule has 1 unspecified atom stereocenters. The van der Waals surface area contributed by atoms with Gasteiger partial charge >= 0.3 is 0 Å². The maximum absolute atomic E-state index is 11.7. The van der Waals surface area contributed by atoms with E-state index in [2.05, 4.69) is 5.32 Å². The average Bonchev–Trinajstić information content (AvgIpc) is 2.46. The van der Waals surface area contributed by atoms with Crippen LogP contribution >= 0.6 is 0 Å². The fourth-order valence-corrected chi connectivity index (χ4v) is 2.64. The van der Waals surface area contributed by atoms with Gasteiger partial charge in [-0.3, -0.25) is 10.1 Å². The molecule has 104 valence electrons. The minimum atomic E-state index is -0.408. The van der Waals surface area contributed by atoms with Crippen LogP contribution in [0.5, 0.6) is 5.75 Å². The number of rotatable bonds is 5. The zero-order valence-corrected chi connectivity index (χ0v) is 11.4. The van der Waals surface area contributed by atoms with E-state index in [1.807, 2.05) is 24.3 Å². The van der Waals surface area contributed by atoms with E-state index >= 15 is 0 Å². The molecule has 1 atom stereocenters. The quantitative estimate of drug-likeness (QED) is 0.854. The second kappa shape index (κ2) is 6.57. The number of carbonyl (C=O) groups is 1. The molecule has 1 aliphatic carbocycles. The highest BCUT2D eigenvalue weighted by atomic mass is 16.5. The van der Waals surface area contributed by atoms with Crippen LogP contribution in [0.4, 0.5) is 0 Å². The van der Waals surface area contributed by atoms with Gasteiger partial charge in [-0.05, 0) is 30.5 Å². The van der Waals surface area contributed by atoms with Gasteiger partial charge in [0.25, 0.3) is 0 Å². The van der Waals surface area contributed by atoms with Crippen LogP contribution in [0.1, 0.15) is 43.7 Å². The summed E-state index contributed by atoms with van der Waals surface area (Å²) in [5.41, 5.74) is 6.43. The number of benzene rings is 1. The molecule has 3 N–H and O–H groups in total. The van der Waals surface area contributed by atoms with Gasteiger partial charge in [-0.1, -0.05) is 31.4 Å². The normalized spacial score (nSPS) is 17.9. The molecule has 0 saturated heterocycles. The molecule has 1 aromatic rings. The monoisotopic (exact) mass is 262 g/mol. The number of nitrogens with one attached hydrogen (secondary N) is 1. The Bertz CT molecular complexity index is 411. The predicted octanol–water partition coefficient (Wildman–Crippen LogP) is 2.14. The van der Waals surface area contributed by atoms with Crippen molar-refractivity contribution in [1.29, 1.82) is 0 Å². The van der Waals surface area contributed by atoms with Crippen molar-refractivity contribution in [2.75, 3.05) is 7.11 Å². The Balaban J connectivity index is 2.07. The van der Waals surface area contributed by atoms with Crippen molar-refractivity contribution in [3.63, 3.8) is 0 Å². The largest absolute Gasteiger partial charge is 0.497 e. The molecule has 0 radical (unpaired) electrons. The molecule has 0 aromatic heterocycles. The summed E-state index contributed by atoms with van der Waals surface area (Å²) >= 11 is 0. The lowest BCUT2D eigenvalue weighted by molar-refractivity contribution is -0.120. The molecule has 1 aliphatic rings. The molecule has 4 heteroatoms. The van der Waals surface area contributed by atoms with Crippen LogP contribution in [0.3, 0.4) is 0 Å². The van der Waals surface area contributed by atoms with Gasteiger partial charge in [0, 0.05) is 6.04 Å². The molecule has 2 rings (SSSR count). The standard InChI is InChI=1S/C15H22N2O2/c1-19-13-9-7-11(8-10-13)14(15(16)18)17-12-5-3-2-4-6-12/h7-10,12,14,17H,2-6H2,1H3,(H2,16,18). The number of nitrogens with two attached hydrogens (primary N) is 1. The van der Waals surface area contributed by atoms with E-state index in [4.69, 9.17) is 10.5 Å². The fourth-order valence-electron chi connectivity index (χ4n) is 2.64. The van der Waals surface area contributed by atoms with Crippen LogP contribution in [0.15, 0.2) is 24.3 Å². The van der Waals surface area contributed by atoms with Gasteiger partial charge in [0.2, 0.25) is 5.91 Å². The summed E-state index contributed by atoms with van der Waals surface area (Å²) in [6.07, 6.45) is 6.00. The molecule has 1 amide bonds. The van der Waals surface area contributed by atoms with Crippen LogP contribution in [0.25, 0.3) is 0 Å². The Hall–Kier alpha value is -1.55. The summed E-state index contributed by atoms with van der Waals surface area (Å²) in [5.74, 6) is 0.459. The van der Waals surface area contributed by atoms with Crippen LogP contribution in [-0.2, 0) is 4.79 Å². The van der Waals surface area contributed by atoms with Crippen molar-refractivity contribution in [3.8, 4) is 5.75 Å². The Kier molecular flexibility index (Phi) is 4.80. The molecule has 0 bridgehead atoms. The van der Waals surface area contributed by atoms with Crippen LogP contribution in [-0.4, -0.2) is 19.1 Å². The van der Waals surface area contributed by atoms with Gasteiger partial charge in [-0.25, -0.2) is 0 Å². The Morgan fingerprint density at radius 1 is 1.26 bits per heavy atom. The van der Waals surface area contributed by atoms with Crippen molar-refractivity contribution >= 4 is 5.91 Å². The van der Waals surface area contributed by atoms with Crippen molar-refractivity contribution in [2.24, 2.45) is 5.73 Å². The van der Waals surface area contributed by atoms with Gasteiger partial charge in [-0.15, -0.1) is 0 Å². The van der Waals surface area contributed by atoms with Gasteiger partial charge < -0.3 is 10.5 Å². The molecular weight excluding hydrogens is 240 g/mol. The number of hydrogen-bond acceptors (Lipinski definition) is 3. The van der Waals surface area contributed by atoms with E-state index in [-0.39, 0.29) is 5.91 Å². The SMILES string of the molecule is COc1ccc(C(NC2CCCCC2)C(N)=O)cc1. The van der Waals surface area contributed by atoms with Gasteiger partial charge in [0.05, 0.1) is 7.11 Å². The number of carbonyl (C=O) groups excluding carboxylic acids is 1. The van der Waals surface area contributed by atoms with Gasteiger partial charge in [-0.2, -0.15) is 0 Å². The summed E-state index contributed by atoms with van der Waals surface area (Å²) in [7, 11) is 1.63. The highest BCUT2D eigenvalue weighted by Crippen LogP contribution is 2.23. The third kappa shape index (κ3) is 3.70. The molecule has 19 heavy (non-hydrogen) atoms. The maximum Gasteiger partial charge on any atom is 0.239 e. The highest BCUT2D eigenvalue weighted by Gasteiger charge is 2.22. The van der Waals surface area contributed by atoms with Crippen molar-refractivity contribution in [1.82, 2.24) is 5.32 Å². The van der Waals surface area contributed by atoms with Crippen LogP contribution in [0, 0.1) is 0 Å². The molecule has 0 aliphatic heterocycles. The molecule has 1 fully saturated rings. The van der Waals surface area contributed by atoms with Crippen molar-refractivity contribution < 1.29 is 9.53 Å². The summed E-state index contributed by atoms with van der Waals surface area (Å²) < 4.78 is 5.12. The highest BCUT2D eigenvalue weighted by molar-refractivity contribution is 5.81. The predicted molar refractivity (Wildman–Crippen MR) is 74.9 cm³/mol. The Labute approximate surface area is 114 Å². The first-order valence-corrected chi connectivity index (χ1v) is 6.90. The van der Waals surface area contributed by atoms with E-state index in [9.17, 15) is 4.79 Å². The van der Waals surface area contributed by atoms with E-state index in [1.165, 1.54) is 19.3 Å². The Morgan fingerprint density at radius 3 is 2.42 bits per heavy atom. The van der Waals surface area contributed by atoms with Crippen molar-refractivity contribution in [3.05, 3.63) is 29.8 Å². The third-order valence-corrected chi connectivity index (χ3v) is 3.74. The lowest BCUT2D eigenvalue weighted by Gasteiger charge is -2.27. The number of methoxy groups -OCH3 is 1. The second-order valence-corrected chi connectivity index (χ2v) is 5.11.